The molecule has 0 aliphatic carbocycles. The molecule has 2 rings (SSSR count). The third kappa shape index (κ3) is 1.09. The molecule has 1 aromatic carbocycles. The van der Waals surface area contributed by atoms with Crippen molar-refractivity contribution in [2.24, 2.45) is 0 Å². The van der Waals surface area contributed by atoms with Crippen molar-refractivity contribution in [3.05, 3.63) is 29.8 Å². The van der Waals surface area contributed by atoms with E-state index >= 15 is 0 Å². The number of rotatable bonds is 0. The van der Waals surface area contributed by atoms with E-state index in [-0.39, 0.29) is 0 Å². The fraction of sp³-hybridized carbons (Fsp3) is 0.222. The maximum Gasteiger partial charge on any atom is 0.222 e. The molecule has 0 atom stereocenters. The molecule has 0 radical (unpaired) electrons. The molecule has 0 spiro atoms. The zero-order valence-corrected chi connectivity index (χ0v) is 8.50. The lowest BCUT2D eigenvalue weighted by Gasteiger charge is -1.91. The highest BCUT2D eigenvalue weighted by atomic mass is 127. The first-order valence-electron chi connectivity index (χ1n) is 3.62. The second-order valence-corrected chi connectivity index (χ2v) is 3.99. The predicted molar refractivity (Wildman–Crippen MR) is 55.0 cm³/mol. The van der Waals surface area contributed by atoms with Crippen molar-refractivity contribution in [3.63, 3.8) is 0 Å². The van der Waals surface area contributed by atoms with Crippen LogP contribution >= 0.6 is 22.6 Å². The summed E-state index contributed by atoms with van der Waals surface area (Å²) in [6.07, 6.45) is 1.10. The number of hydrogen-bond donors (Lipinski definition) is 0. The Balaban J connectivity index is 2.60. The maximum atomic E-state index is 2.40. The SMILES string of the molecule is C[N+]1=C(I)Cc2ccccc21. The van der Waals surface area contributed by atoms with E-state index in [0.29, 0.717) is 0 Å². The molecule has 1 aliphatic heterocycles. The number of hydrogen-bond acceptors (Lipinski definition) is 0. The van der Waals surface area contributed by atoms with Crippen LogP contribution in [0.25, 0.3) is 0 Å². The molecular weight excluding hydrogens is 249 g/mol. The second-order valence-electron chi connectivity index (χ2n) is 2.74. The quantitative estimate of drug-likeness (QED) is 0.496. The summed E-state index contributed by atoms with van der Waals surface area (Å²) in [7, 11) is 2.12. The molecular formula is C9H9IN+. The average molecular weight is 258 g/mol. The van der Waals surface area contributed by atoms with Crippen LogP contribution in [0.1, 0.15) is 5.56 Å². The molecule has 0 N–H and O–H groups in total. The molecule has 0 saturated carbocycles. The highest BCUT2D eigenvalue weighted by molar-refractivity contribution is 14.1. The average Bonchev–Trinajstić information content (AvgIpc) is 2.30. The smallest absolute Gasteiger partial charge is 0.193 e. The molecule has 1 nitrogen and oxygen atoms in total. The van der Waals surface area contributed by atoms with E-state index in [1.54, 1.807) is 0 Å². The van der Waals surface area contributed by atoms with Crippen LogP contribution < -0.4 is 0 Å². The molecule has 1 heterocycles. The molecule has 0 bridgehead atoms. The van der Waals surface area contributed by atoms with Crippen LogP contribution in [0.3, 0.4) is 0 Å². The Kier molecular flexibility index (Phi) is 1.71. The van der Waals surface area contributed by atoms with Gasteiger partial charge in [0.05, 0.1) is 6.42 Å². The van der Waals surface area contributed by atoms with Crippen molar-refractivity contribution in [2.45, 2.75) is 6.42 Å². The van der Waals surface area contributed by atoms with Crippen molar-refractivity contribution in [1.82, 2.24) is 0 Å². The first kappa shape index (κ1) is 7.28. The Bertz CT molecular complexity index is 328. The van der Waals surface area contributed by atoms with Gasteiger partial charge in [-0.1, -0.05) is 18.2 Å². The Labute approximate surface area is 79.9 Å². The number of fused-ring (bicyclic) bond motifs is 1. The third-order valence-electron chi connectivity index (χ3n) is 2.05. The third-order valence-corrected chi connectivity index (χ3v) is 3.16. The van der Waals surface area contributed by atoms with Crippen LogP contribution in [0.2, 0.25) is 0 Å². The van der Waals surface area contributed by atoms with Gasteiger partial charge >= 0.3 is 0 Å². The molecule has 0 fully saturated rings. The van der Waals surface area contributed by atoms with E-state index in [9.17, 15) is 0 Å². The minimum Gasteiger partial charge on any atom is -0.193 e. The summed E-state index contributed by atoms with van der Waals surface area (Å²) in [5, 5.41) is 0. The van der Waals surface area contributed by atoms with Crippen LogP contribution in [-0.2, 0) is 6.42 Å². The highest BCUT2D eigenvalue weighted by Gasteiger charge is 2.23. The van der Waals surface area contributed by atoms with Crippen LogP contribution in [0, 0.1) is 0 Å². The molecule has 0 saturated heterocycles. The zero-order chi connectivity index (χ0) is 7.84. The van der Waals surface area contributed by atoms with E-state index < -0.39 is 0 Å². The molecule has 2 heteroatoms. The molecule has 0 unspecified atom stereocenters. The van der Waals surface area contributed by atoms with Gasteiger partial charge in [-0.15, -0.1) is 0 Å². The lowest BCUT2D eigenvalue weighted by molar-refractivity contribution is -0.397. The molecule has 0 aromatic heterocycles. The molecule has 56 valence electrons. The summed E-state index contributed by atoms with van der Waals surface area (Å²) in [5.41, 5.74) is 2.80. The summed E-state index contributed by atoms with van der Waals surface area (Å²) in [4.78, 5) is 0. The Hall–Kier alpha value is -0.380. The molecule has 1 aromatic rings. The Morgan fingerprint density at radius 3 is 2.82 bits per heavy atom. The van der Waals surface area contributed by atoms with Gasteiger partial charge in [-0.2, -0.15) is 4.58 Å². The van der Waals surface area contributed by atoms with Crippen molar-refractivity contribution in [3.8, 4) is 0 Å². The summed E-state index contributed by atoms with van der Waals surface area (Å²) in [5.74, 6) is 0. The summed E-state index contributed by atoms with van der Waals surface area (Å²) in [6.45, 7) is 0. The van der Waals surface area contributed by atoms with E-state index in [1.807, 2.05) is 0 Å². The minimum atomic E-state index is 1.10. The maximum absolute atomic E-state index is 2.40. The van der Waals surface area contributed by atoms with Crippen molar-refractivity contribution >= 4 is 32.0 Å². The highest BCUT2D eigenvalue weighted by Crippen LogP contribution is 2.26. The van der Waals surface area contributed by atoms with Crippen molar-refractivity contribution in [1.29, 1.82) is 0 Å². The van der Waals surface area contributed by atoms with Gasteiger partial charge in [-0.3, -0.25) is 0 Å². The van der Waals surface area contributed by atoms with Gasteiger partial charge in [0.25, 0.3) is 0 Å². The topological polar surface area (TPSA) is 3.01 Å². The zero-order valence-electron chi connectivity index (χ0n) is 6.34. The normalized spacial score (nSPS) is 15.5. The number of para-hydroxylation sites is 1. The van der Waals surface area contributed by atoms with E-state index in [1.165, 1.54) is 15.0 Å². The van der Waals surface area contributed by atoms with E-state index in [4.69, 9.17) is 0 Å². The summed E-state index contributed by atoms with van der Waals surface area (Å²) >= 11 is 2.40. The molecule has 11 heavy (non-hydrogen) atoms. The van der Waals surface area contributed by atoms with Crippen LogP contribution in [0.15, 0.2) is 24.3 Å². The van der Waals surface area contributed by atoms with Crippen LogP contribution in [0.5, 0.6) is 0 Å². The van der Waals surface area contributed by atoms with E-state index in [2.05, 4.69) is 58.5 Å². The first-order valence-corrected chi connectivity index (χ1v) is 4.70. The van der Waals surface area contributed by atoms with Gasteiger partial charge in [0.2, 0.25) is 9.41 Å². The largest absolute Gasteiger partial charge is 0.222 e. The fourth-order valence-electron chi connectivity index (χ4n) is 1.39. The van der Waals surface area contributed by atoms with Crippen molar-refractivity contribution in [2.75, 3.05) is 7.05 Å². The monoisotopic (exact) mass is 258 g/mol. The fourth-order valence-corrected chi connectivity index (χ4v) is 2.06. The molecule has 0 amide bonds. The lowest BCUT2D eigenvalue weighted by atomic mass is 10.2. The van der Waals surface area contributed by atoms with Gasteiger partial charge < -0.3 is 0 Å². The summed E-state index contributed by atoms with van der Waals surface area (Å²) in [6, 6.07) is 8.55. The van der Waals surface area contributed by atoms with Gasteiger partial charge in [0.15, 0.2) is 0 Å². The summed E-state index contributed by atoms with van der Waals surface area (Å²) < 4.78 is 3.65. The Morgan fingerprint density at radius 1 is 1.36 bits per heavy atom. The van der Waals surface area contributed by atoms with Gasteiger partial charge in [0.1, 0.15) is 7.05 Å². The lowest BCUT2D eigenvalue weighted by Crippen LogP contribution is -1.98. The van der Waals surface area contributed by atoms with Gasteiger partial charge in [0, 0.05) is 34.2 Å². The van der Waals surface area contributed by atoms with Crippen LogP contribution in [-0.4, -0.2) is 15.3 Å². The second kappa shape index (κ2) is 2.59. The van der Waals surface area contributed by atoms with E-state index in [0.717, 1.165) is 6.42 Å². The first-order chi connectivity index (χ1) is 5.29. The standard InChI is InChI=1S/C9H9IN/c1-11-8-5-3-2-4-7(8)6-9(11)10/h2-5H,6H2,1H3/q+1. The number of halogens is 1. The Morgan fingerprint density at radius 2 is 2.09 bits per heavy atom. The van der Waals surface area contributed by atoms with Gasteiger partial charge in [-0.05, 0) is 0 Å². The number of nitrogens with zero attached hydrogens (tertiary/aromatic N) is 1. The predicted octanol–water partition coefficient (Wildman–Crippen LogP) is 2.35. The van der Waals surface area contributed by atoms with Crippen molar-refractivity contribution < 1.29 is 4.58 Å². The van der Waals surface area contributed by atoms with Gasteiger partial charge in [-0.25, -0.2) is 0 Å². The minimum absolute atomic E-state index is 1.10. The number of benzene rings is 1. The molecule has 1 aliphatic rings. The van der Waals surface area contributed by atoms with Crippen LogP contribution in [0.4, 0.5) is 5.69 Å².